The Balaban J connectivity index is 2.50. The lowest BCUT2D eigenvalue weighted by Gasteiger charge is -2.29. The van der Waals surface area contributed by atoms with Gasteiger partial charge in [0, 0.05) is 19.3 Å². The van der Waals surface area contributed by atoms with Gasteiger partial charge in [-0.3, -0.25) is 52.7 Å². The van der Waals surface area contributed by atoms with Crippen molar-refractivity contribution in [1.82, 2.24) is 42.5 Å². The van der Waals surface area contributed by atoms with Gasteiger partial charge in [-0.25, -0.2) is 0 Å². The predicted octanol–water partition coefficient (Wildman–Crippen LogP) is -3.24. The normalized spacial score (nSPS) is 21.4. The van der Waals surface area contributed by atoms with Crippen LogP contribution in [0.5, 0.6) is 5.75 Å². The highest BCUT2D eigenvalue weighted by Gasteiger charge is 2.35. The summed E-state index contributed by atoms with van der Waals surface area (Å²) < 4.78 is 0. The molecule has 360 valence electrons. The predicted molar refractivity (Wildman–Crippen MR) is 233 cm³/mol. The SMILES string of the molecule is CC[C@H](C)C1NC(=O)[C@H](Cc2ccc(O)cc2)NC(=O)CCCCCC(C(=O)NCC(=O)N[C@@H](CC(C)C)C(=O)NCC(N)=O)NC(=O)[C@H](CC(N)=O)NC(=O)[C@H](CCC(N)=O)NC1=O. The van der Waals surface area contributed by atoms with Crippen LogP contribution in [0.2, 0.25) is 0 Å². The monoisotopic (exact) mass is 915 g/mol. The molecule has 0 aliphatic carbocycles. The Morgan fingerprint density at radius 2 is 1.35 bits per heavy atom. The molecule has 1 aromatic carbocycles. The summed E-state index contributed by atoms with van der Waals surface area (Å²) in [5, 5.41) is 29.8. The second-order valence-electron chi connectivity index (χ2n) is 16.5. The summed E-state index contributed by atoms with van der Waals surface area (Å²) in [6.07, 6.45) is -0.434. The third-order valence-electron chi connectivity index (χ3n) is 10.4. The largest absolute Gasteiger partial charge is 0.508 e. The summed E-state index contributed by atoms with van der Waals surface area (Å²) in [7, 11) is 0. The highest BCUT2D eigenvalue weighted by molar-refractivity contribution is 5.98. The third kappa shape index (κ3) is 20.5. The maximum absolute atomic E-state index is 13.9. The lowest BCUT2D eigenvalue weighted by atomic mass is 9.96. The number of phenols is 1. The molecule has 0 spiro atoms. The topological polar surface area (TPSA) is 382 Å². The molecule has 1 saturated heterocycles. The van der Waals surface area contributed by atoms with Crippen molar-refractivity contribution >= 4 is 65.0 Å². The number of rotatable bonds is 18. The van der Waals surface area contributed by atoms with Crippen LogP contribution in [0.15, 0.2) is 24.3 Å². The van der Waals surface area contributed by atoms with Crippen LogP contribution in [-0.4, -0.2) is 119 Å². The van der Waals surface area contributed by atoms with Crippen molar-refractivity contribution in [2.45, 2.75) is 135 Å². The fourth-order valence-corrected chi connectivity index (χ4v) is 6.69. The summed E-state index contributed by atoms with van der Waals surface area (Å²) >= 11 is 0. The standard InChI is InChI=1S/C42H65N11O12/c1-5-23(4)36-42(65)51-27(15-16-31(43)55)39(62)52-30(19-32(44)56)40(63)50-26(37(60)47-21-35(59)49-28(17-22(2)3)38(61)46-20-33(45)57)9-7-6-8-10-34(58)48-29(41(64)53-36)18-24-11-13-25(54)14-12-24/h11-14,22-23,26-30,36,54H,5-10,15-21H2,1-4H3,(H2,43,55)(H2,44,56)(H2,45,57)(H,46,61)(H,47,60)(H,48,58)(H,49,59)(H,50,63)(H,51,65)(H,52,62)(H,53,64)/t23-,26?,27-,28-,29-,30-,36?/m0/s1. The molecule has 23 heteroatoms. The minimum atomic E-state index is -1.72. The average Bonchev–Trinajstić information content (AvgIpc) is 3.23. The summed E-state index contributed by atoms with van der Waals surface area (Å²) in [5.41, 5.74) is 16.5. The van der Waals surface area contributed by atoms with E-state index in [1.54, 1.807) is 39.8 Å². The maximum atomic E-state index is 13.9. The number of primary amides is 3. The molecule has 0 bridgehead atoms. The smallest absolute Gasteiger partial charge is 0.243 e. The van der Waals surface area contributed by atoms with Gasteiger partial charge in [-0.1, -0.05) is 59.1 Å². The van der Waals surface area contributed by atoms with Crippen LogP contribution in [0.25, 0.3) is 0 Å². The van der Waals surface area contributed by atoms with Gasteiger partial charge in [0.1, 0.15) is 42.0 Å². The van der Waals surface area contributed by atoms with E-state index < -0.39 is 133 Å². The fraction of sp³-hybridized carbons (Fsp3) is 0.595. The molecule has 11 amide bonds. The Morgan fingerprint density at radius 3 is 1.95 bits per heavy atom. The number of hydrogen-bond acceptors (Lipinski definition) is 12. The molecule has 7 atom stereocenters. The molecular formula is C42H65N11O12. The molecule has 1 fully saturated rings. The third-order valence-corrected chi connectivity index (χ3v) is 10.4. The highest BCUT2D eigenvalue weighted by Crippen LogP contribution is 2.15. The quantitative estimate of drug-likeness (QED) is 0.0692. The summed E-state index contributed by atoms with van der Waals surface area (Å²) in [5.74, 6) is -9.88. The van der Waals surface area contributed by atoms with E-state index in [0.717, 1.165) is 0 Å². The van der Waals surface area contributed by atoms with Gasteiger partial charge in [0.2, 0.25) is 65.0 Å². The van der Waals surface area contributed by atoms with Gasteiger partial charge < -0.3 is 64.8 Å². The number of hydrogen-bond donors (Lipinski definition) is 12. The lowest BCUT2D eigenvalue weighted by Crippen LogP contribution is -2.60. The van der Waals surface area contributed by atoms with E-state index in [4.69, 9.17) is 17.2 Å². The number of nitrogens with one attached hydrogen (secondary N) is 8. The first-order chi connectivity index (χ1) is 30.6. The molecule has 15 N–H and O–H groups in total. The molecule has 1 heterocycles. The summed E-state index contributed by atoms with van der Waals surface area (Å²) in [6.45, 7) is 5.87. The van der Waals surface area contributed by atoms with Gasteiger partial charge >= 0.3 is 0 Å². The van der Waals surface area contributed by atoms with E-state index in [0.29, 0.717) is 18.4 Å². The van der Waals surface area contributed by atoms with Gasteiger partial charge in [0.15, 0.2) is 0 Å². The Bertz CT molecular complexity index is 1880. The first-order valence-electron chi connectivity index (χ1n) is 21.6. The van der Waals surface area contributed by atoms with E-state index in [9.17, 15) is 57.8 Å². The van der Waals surface area contributed by atoms with Gasteiger partial charge in [0.05, 0.1) is 19.5 Å². The highest BCUT2D eigenvalue weighted by atomic mass is 16.3. The van der Waals surface area contributed by atoms with Crippen molar-refractivity contribution in [3.63, 3.8) is 0 Å². The molecule has 1 aliphatic rings. The van der Waals surface area contributed by atoms with E-state index in [-0.39, 0.29) is 56.6 Å². The Kier molecular flexibility index (Phi) is 22.9. The fourth-order valence-electron chi connectivity index (χ4n) is 6.69. The number of phenolic OH excluding ortho intramolecular Hbond substituents is 1. The summed E-state index contributed by atoms with van der Waals surface area (Å²) in [6, 6.07) is -2.31. The number of amides is 11. The molecule has 65 heavy (non-hydrogen) atoms. The van der Waals surface area contributed by atoms with Crippen LogP contribution < -0.4 is 59.7 Å². The Hall–Kier alpha value is -6.81. The molecule has 0 radical (unpaired) electrons. The number of nitrogens with two attached hydrogens (primary N) is 3. The molecule has 1 aliphatic heterocycles. The van der Waals surface area contributed by atoms with Crippen LogP contribution in [0, 0.1) is 11.8 Å². The second kappa shape index (κ2) is 27.4. The van der Waals surface area contributed by atoms with Crippen LogP contribution in [0.3, 0.4) is 0 Å². The molecule has 2 rings (SSSR count). The molecular weight excluding hydrogens is 851 g/mol. The molecule has 2 unspecified atom stereocenters. The zero-order valence-electron chi connectivity index (χ0n) is 37.3. The van der Waals surface area contributed by atoms with Crippen molar-refractivity contribution in [3.05, 3.63) is 29.8 Å². The average molecular weight is 916 g/mol. The molecule has 23 nitrogen and oxygen atoms in total. The van der Waals surface area contributed by atoms with Crippen molar-refractivity contribution in [2.75, 3.05) is 13.1 Å². The van der Waals surface area contributed by atoms with E-state index in [1.807, 2.05) is 0 Å². The Labute approximate surface area is 377 Å². The maximum Gasteiger partial charge on any atom is 0.243 e. The number of aromatic hydroxyl groups is 1. The number of carbonyl (C=O) groups is 11. The first kappa shape index (κ1) is 54.3. The van der Waals surface area contributed by atoms with Crippen LogP contribution >= 0.6 is 0 Å². The second-order valence-corrected chi connectivity index (χ2v) is 16.5. The Morgan fingerprint density at radius 1 is 0.723 bits per heavy atom. The zero-order valence-corrected chi connectivity index (χ0v) is 37.3. The minimum Gasteiger partial charge on any atom is -0.508 e. The molecule has 0 saturated carbocycles. The van der Waals surface area contributed by atoms with E-state index >= 15 is 0 Å². The van der Waals surface area contributed by atoms with Crippen molar-refractivity contribution in [2.24, 2.45) is 29.0 Å². The first-order valence-corrected chi connectivity index (χ1v) is 21.6. The molecule has 0 aromatic heterocycles. The lowest BCUT2D eigenvalue weighted by molar-refractivity contribution is -0.136. The summed E-state index contributed by atoms with van der Waals surface area (Å²) in [4.78, 5) is 143. The van der Waals surface area contributed by atoms with Gasteiger partial charge in [-0.15, -0.1) is 0 Å². The van der Waals surface area contributed by atoms with Crippen LogP contribution in [0.1, 0.15) is 97.5 Å². The van der Waals surface area contributed by atoms with E-state index in [1.165, 1.54) is 12.1 Å². The van der Waals surface area contributed by atoms with Crippen molar-refractivity contribution in [3.8, 4) is 5.75 Å². The van der Waals surface area contributed by atoms with Crippen molar-refractivity contribution in [1.29, 1.82) is 0 Å². The zero-order chi connectivity index (χ0) is 48.8. The molecule has 1 aromatic rings. The van der Waals surface area contributed by atoms with Gasteiger partial charge in [0.25, 0.3) is 0 Å². The van der Waals surface area contributed by atoms with Crippen LogP contribution in [-0.2, 0) is 59.2 Å². The van der Waals surface area contributed by atoms with E-state index in [2.05, 4.69) is 42.5 Å². The van der Waals surface area contributed by atoms with Crippen molar-refractivity contribution < 1.29 is 57.8 Å². The number of benzene rings is 1. The van der Waals surface area contributed by atoms with Crippen LogP contribution in [0.4, 0.5) is 0 Å². The van der Waals surface area contributed by atoms with Gasteiger partial charge in [-0.2, -0.15) is 0 Å². The number of carbonyl (C=O) groups excluding carboxylic acids is 11. The van der Waals surface area contributed by atoms with Gasteiger partial charge in [-0.05, 0) is 55.2 Å². The minimum absolute atomic E-state index is 0.0245.